The molecule has 1 saturated carbocycles. The largest absolute Gasteiger partial charge is 0.497 e. The Morgan fingerprint density at radius 2 is 1.90 bits per heavy atom. The number of fused-ring (bicyclic) bond motifs is 5. The zero-order valence-corrected chi connectivity index (χ0v) is 31.7. The molecule has 0 radical (unpaired) electrons. The Bertz CT molecular complexity index is 1780. The molecule has 1 saturated heterocycles. The number of aliphatic hydroxyl groups is 1. The summed E-state index contributed by atoms with van der Waals surface area (Å²) in [4.78, 5) is 62.4. The minimum atomic E-state index is -1.43. The first-order chi connectivity index (χ1) is 24.5. The molecule has 3 aliphatic heterocycles. The Morgan fingerprint density at radius 3 is 2.62 bits per heavy atom. The first-order valence-corrected chi connectivity index (χ1v) is 18.8. The molecule has 52 heavy (non-hydrogen) atoms. The van der Waals surface area contributed by atoms with Crippen molar-refractivity contribution in [2.24, 2.45) is 17.3 Å². The molecule has 1 N–H and O–H groups in total. The van der Waals surface area contributed by atoms with Crippen molar-refractivity contribution < 1.29 is 43.2 Å². The van der Waals surface area contributed by atoms with E-state index in [9.17, 15) is 24.3 Å². The van der Waals surface area contributed by atoms with Crippen LogP contribution in [0.25, 0.3) is 10.9 Å². The summed E-state index contributed by atoms with van der Waals surface area (Å²) in [6.07, 6.45) is 8.39. The van der Waals surface area contributed by atoms with Gasteiger partial charge in [0, 0.05) is 36.1 Å². The van der Waals surface area contributed by atoms with Crippen LogP contribution in [0.5, 0.6) is 11.5 Å². The molecule has 6 atom stereocenters. The predicted molar refractivity (Wildman–Crippen MR) is 194 cm³/mol. The maximum atomic E-state index is 14.8. The molecule has 1 aromatic carbocycles. The average molecular weight is 719 g/mol. The van der Waals surface area contributed by atoms with E-state index < -0.39 is 46.1 Å². The number of aryl methyl sites for hydroxylation is 1. The van der Waals surface area contributed by atoms with Crippen molar-refractivity contribution >= 4 is 34.5 Å². The number of amides is 1. The molecule has 1 aromatic heterocycles. The SMILES string of the molecule is CCOC(=O)[C@]12CC(=O)[C@@H]3C[C@@]4(CN3C(=O)[C@@H](CC(=O)OC(C)(C)C)CCCCC/C=C\[C@@H]1C2)CC(C)(O)c1c(c(C)nc2ccc(OC)cc12)O4. The summed E-state index contributed by atoms with van der Waals surface area (Å²) in [5.41, 5.74) is -2.45. The Balaban J connectivity index is 1.41. The molecule has 11 heteroatoms. The number of rotatable bonds is 5. The van der Waals surface area contributed by atoms with Crippen molar-refractivity contribution in [2.45, 2.75) is 129 Å². The number of carbonyl (C=O) groups excluding carboxylic acids is 4. The Kier molecular flexibility index (Phi) is 10.2. The van der Waals surface area contributed by atoms with E-state index >= 15 is 0 Å². The van der Waals surface area contributed by atoms with Crippen molar-refractivity contribution in [1.29, 1.82) is 0 Å². The summed E-state index contributed by atoms with van der Waals surface area (Å²) in [5, 5.41) is 13.0. The molecule has 1 unspecified atom stereocenters. The number of allylic oxidation sites excluding steroid dienone is 2. The lowest BCUT2D eigenvalue weighted by Gasteiger charge is -2.44. The standard InChI is InChI=1S/C41H54N2O9/c1-8-50-37(47)41-20-27(41)15-13-11-9-10-12-14-26(18-33(45)51-38(3,4)5)36(46)43-24-40(21-31(43)32(44)22-41)23-39(6,48)34-29-19-28(49-7)16-17-30(29)42-25(2)35(34)52-40/h13,15-17,19,26-27,31,48H,8-12,14,18,20-24H2,1-7H3/b15-13-/t26-,27-,31+,39?,40+,41-/m1/s1. The zero-order valence-electron chi connectivity index (χ0n) is 31.7. The van der Waals surface area contributed by atoms with Gasteiger partial charge in [-0.3, -0.25) is 19.2 Å². The van der Waals surface area contributed by atoms with Crippen LogP contribution < -0.4 is 9.47 Å². The van der Waals surface area contributed by atoms with Gasteiger partial charge in [-0.05, 0) is 91.3 Å². The van der Waals surface area contributed by atoms with Gasteiger partial charge in [0.1, 0.15) is 22.7 Å². The fourth-order valence-corrected chi connectivity index (χ4v) is 8.79. The van der Waals surface area contributed by atoms with Crippen molar-refractivity contribution in [3.63, 3.8) is 0 Å². The second-order valence-corrected chi connectivity index (χ2v) is 16.6. The van der Waals surface area contributed by atoms with Crippen LogP contribution in [0.15, 0.2) is 30.4 Å². The summed E-state index contributed by atoms with van der Waals surface area (Å²) in [7, 11) is 1.58. The van der Waals surface area contributed by atoms with E-state index in [1.807, 2.05) is 31.2 Å². The van der Waals surface area contributed by atoms with Gasteiger partial charge in [-0.1, -0.05) is 25.0 Å². The number of nitrogens with zero attached hydrogens (tertiary/aromatic N) is 2. The molecule has 282 valence electrons. The highest BCUT2D eigenvalue weighted by Gasteiger charge is 2.63. The van der Waals surface area contributed by atoms with Gasteiger partial charge in [0.2, 0.25) is 5.91 Å². The minimum Gasteiger partial charge on any atom is -0.497 e. The molecule has 0 bridgehead atoms. The van der Waals surface area contributed by atoms with Crippen LogP contribution >= 0.6 is 0 Å². The van der Waals surface area contributed by atoms with Crippen molar-refractivity contribution in [3.8, 4) is 11.5 Å². The lowest BCUT2D eigenvalue weighted by atomic mass is 9.77. The van der Waals surface area contributed by atoms with E-state index in [2.05, 4.69) is 6.08 Å². The number of ether oxygens (including phenoxy) is 4. The molecule has 1 spiro atoms. The van der Waals surface area contributed by atoms with Crippen LogP contribution in [-0.4, -0.2) is 76.1 Å². The number of hydrogen-bond donors (Lipinski definition) is 1. The molecular weight excluding hydrogens is 664 g/mol. The molecule has 6 rings (SSSR count). The van der Waals surface area contributed by atoms with Gasteiger partial charge in [0.15, 0.2) is 5.78 Å². The van der Waals surface area contributed by atoms with Crippen LogP contribution in [0, 0.1) is 24.2 Å². The van der Waals surface area contributed by atoms with Gasteiger partial charge in [0.25, 0.3) is 0 Å². The maximum absolute atomic E-state index is 14.8. The Morgan fingerprint density at radius 1 is 1.13 bits per heavy atom. The van der Waals surface area contributed by atoms with Gasteiger partial charge >= 0.3 is 11.9 Å². The number of esters is 2. The lowest BCUT2D eigenvalue weighted by molar-refractivity contribution is -0.159. The second-order valence-electron chi connectivity index (χ2n) is 16.6. The third kappa shape index (κ3) is 7.43. The summed E-state index contributed by atoms with van der Waals surface area (Å²) in [6, 6.07) is 4.55. The van der Waals surface area contributed by atoms with E-state index in [1.165, 1.54) is 0 Å². The zero-order chi connectivity index (χ0) is 37.6. The molecule has 11 nitrogen and oxygen atoms in total. The van der Waals surface area contributed by atoms with Crippen molar-refractivity contribution in [3.05, 3.63) is 41.6 Å². The summed E-state index contributed by atoms with van der Waals surface area (Å²) in [6.45, 7) is 10.9. The van der Waals surface area contributed by atoms with Crippen molar-refractivity contribution in [1.82, 2.24) is 9.88 Å². The number of aromatic nitrogens is 1. The topological polar surface area (TPSA) is 142 Å². The first kappa shape index (κ1) is 37.8. The van der Waals surface area contributed by atoms with E-state index in [4.69, 9.17) is 23.9 Å². The molecule has 1 amide bonds. The summed E-state index contributed by atoms with van der Waals surface area (Å²) >= 11 is 0. The Hall–Kier alpha value is -3.99. The number of benzene rings is 1. The van der Waals surface area contributed by atoms with E-state index in [1.54, 1.807) is 46.6 Å². The number of Topliss-reactive ketones (excluding diaryl/α,β-unsaturated/α-hetero) is 1. The van der Waals surface area contributed by atoms with Gasteiger partial charge in [-0.15, -0.1) is 0 Å². The molecule has 4 aliphatic rings. The van der Waals surface area contributed by atoms with Crippen molar-refractivity contribution in [2.75, 3.05) is 20.3 Å². The molecule has 4 heterocycles. The number of ketones is 1. The highest BCUT2D eigenvalue weighted by Crippen LogP contribution is 2.58. The molecular formula is C41H54N2O9. The number of carbonyl (C=O) groups is 4. The molecule has 2 aromatic rings. The van der Waals surface area contributed by atoms with Crippen LogP contribution in [0.3, 0.4) is 0 Å². The molecule has 2 fully saturated rings. The number of hydrogen-bond acceptors (Lipinski definition) is 10. The smallest absolute Gasteiger partial charge is 0.313 e. The fraction of sp³-hybridized carbons (Fsp3) is 0.634. The predicted octanol–water partition coefficient (Wildman–Crippen LogP) is 6.28. The first-order valence-electron chi connectivity index (χ1n) is 18.8. The normalized spacial score (nSPS) is 31.4. The fourth-order valence-electron chi connectivity index (χ4n) is 8.79. The van der Waals surface area contributed by atoms with Crippen LogP contribution in [-0.2, 0) is 34.3 Å². The second kappa shape index (κ2) is 14.1. The molecule has 1 aliphatic carbocycles. The van der Waals surface area contributed by atoms with Crippen LogP contribution in [0.4, 0.5) is 0 Å². The quantitative estimate of drug-likeness (QED) is 0.278. The monoisotopic (exact) mass is 718 g/mol. The highest BCUT2D eigenvalue weighted by molar-refractivity contribution is 5.96. The third-order valence-corrected chi connectivity index (χ3v) is 11.2. The Labute approximate surface area is 306 Å². The minimum absolute atomic E-state index is 0.0218. The number of pyridine rings is 1. The number of methoxy groups -OCH3 is 1. The van der Waals surface area contributed by atoms with Gasteiger partial charge < -0.3 is 29.0 Å². The highest BCUT2D eigenvalue weighted by atomic mass is 16.6. The summed E-state index contributed by atoms with van der Waals surface area (Å²) < 4.78 is 23.6. The third-order valence-electron chi connectivity index (χ3n) is 11.2. The van der Waals surface area contributed by atoms with E-state index in [0.717, 1.165) is 25.7 Å². The van der Waals surface area contributed by atoms with Crippen LogP contribution in [0.2, 0.25) is 0 Å². The van der Waals surface area contributed by atoms with E-state index in [-0.39, 0.29) is 56.4 Å². The average Bonchev–Trinajstić information content (AvgIpc) is 3.64. The van der Waals surface area contributed by atoms with Crippen LogP contribution in [0.1, 0.15) is 110 Å². The summed E-state index contributed by atoms with van der Waals surface area (Å²) in [5.74, 6) is -1.27. The van der Waals surface area contributed by atoms with Gasteiger partial charge in [-0.25, -0.2) is 4.98 Å². The maximum Gasteiger partial charge on any atom is 0.313 e. The van der Waals surface area contributed by atoms with Gasteiger partial charge in [-0.2, -0.15) is 0 Å². The van der Waals surface area contributed by atoms with Gasteiger partial charge in [0.05, 0.1) is 55.0 Å². The lowest BCUT2D eigenvalue weighted by Crippen LogP contribution is -2.50. The van der Waals surface area contributed by atoms with E-state index in [0.29, 0.717) is 46.5 Å².